The predicted molar refractivity (Wildman–Crippen MR) is 97.5 cm³/mol. The van der Waals surface area contributed by atoms with E-state index in [0.717, 1.165) is 28.7 Å². The quantitative estimate of drug-likeness (QED) is 0.734. The molecule has 1 aromatic heterocycles. The molecule has 0 spiro atoms. The molecule has 1 aliphatic rings. The molecule has 7 heteroatoms. The summed E-state index contributed by atoms with van der Waals surface area (Å²) in [6.07, 6.45) is 1.91. The molecular weight excluding hydrogens is 338 g/mol. The SMILES string of the molecule is O=C(Nc1ccc(F)cc1F)N1CCN(c2cccc3[nH]ccc23)CC1. The number of fused-ring (bicyclic) bond motifs is 1. The maximum atomic E-state index is 13.7. The second-order valence-electron chi connectivity index (χ2n) is 6.24. The van der Waals surface area contributed by atoms with E-state index in [1.807, 2.05) is 24.4 Å². The van der Waals surface area contributed by atoms with E-state index in [4.69, 9.17) is 0 Å². The zero-order valence-corrected chi connectivity index (χ0v) is 14.0. The number of halogens is 2. The van der Waals surface area contributed by atoms with Gasteiger partial charge in [-0.15, -0.1) is 0 Å². The number of nitrogens with one attached hydrogen (secondary N) is 2. The van der Waals surface area contributed by atoms with Gasteiger partial charge in [-0.25, -0.2) is 13.6 Å². The van der Waals surface area contributed by atoms with E-state index in [-0.39, 0.29) is 11.7 Å². The molecule has 2 amide bonds. The Balaban J connectivity index is 1.41. The van der Waals surface area contributed by atoms with Crippen LogP contribution < -0.4 is 10.2 Å². The number of piperazine rings is 1. The van der Waals surface area contributed by atoms with Crippen LogP contribution in [0.1, 0.15) is 0 Å². The van der Waals surface area contributed by atoms with Crippen molar-refractivity contribution in [1.82, 2.24) is 9.88 Å². The van der Waals surface area contributed by atoms with E-state index in [9.17, 15) is 13.6 Å². The molecule has 26 heavy (non-hydrogen) atoms. The third-order valence-corrected chi connectivity index (χ3v) is 4.65. The molecule has 0 aliphatic carbocycles. The molecule has 0 unspecified atom stereocenters. The number of benzene rings is 2. The van der Waals surface area contributed by atoms with Crippen molar-refractivity contribution < 1.29 is 13.6 Å². The molecule has 0 atom stereocenters. The van der Waals surface area contributed by atoms with Gasteiger partial charge in [0.15, 0.2) is 0 Å². The van der Waals surface area contributed by atoms with Crippen molar-refractivity contribution in [2.45, 2.75) is 0 Å². The normalized spacial score (nSPS) is 14.7. The first kappa shape index (κ1) is 16.4. The highest BCUT2D eigenvalue weighted by atomic mass is 19.1. The number of H-pyrrole nitrogens is 1. The molecule has 0 saturated carbocycles. The van der Waals surface area contributed by atoms with Crippen LogP contribution in [-0.2, 0) is 0 Å². The van der Waals surface area contributed by atoms with Crippen LogP contribution in [0.5, 0.6) is 0 Å². The van der Waals surface area contributed by atoms with Gasteiger partial charge < -0.3 is 20.1 Å². The minimum atomic E-state index is -0.781. The van der Waals surface area contributed by atoms with Crippen molar-refractivity contribution in [3.63, 3.8) is 0 Å². The highest BCUT2D eigenvalue weighted by Gasteiger charge is 2.23. The molecule has 1 fully saturated rings. The van der Waals surface area contributed by atoms with Crippen LogP contribution in [0.4, 0.5) is 25.0 Å². The number of hydrogen-bond acceptors (Lipinski definition) is 2. The van der Waals surface area contributed by atoms with E-state index in [0.29, 0.717) is 26.2 Å². The minimum absolute atomic E-state index is 0.0177. The van der Waals surface area contributed by atoms with E-state index in [2.05, 4.69) is 21.3 Å². The number of anilines is 2. The summed E-state index contributed by atoms with van der Waals surface area (Å²) in [6, 6.07) is 10.9. The number of carbonyl (C=O) groups excluding carboxylic acids is 1. The van der Waals surface area contributed by atoms with E-state index in [1.54, 1.807) is 4.90 Å². The molecular formula is C19H18F2N4O. The third-order valence-electron chi connectivity index (χ3n) is 4.65. The van der Waals surface area contributed by atoms with Crippen LogP contribution in [0, 0.1) is 11.6 Å². The van der Waals surface area contributed by atoms with Gasteiger partial charge in [-0.2, -0.15) is 0 Å². The average molecular weight is 356 g/mol. The summed E-state index contributed by atoms with van der Waals surface area (Å²) >= 11 is 0. The Morgan fingerprint density at radius 3 is 2.62 bits per heavy atom. The third kappa shape index (κ3) is 3.08. The van der Waals surface area contributed by atoms with Gasteiger partial charge in [0, 0.05) is 55.0 Å². The Labute approximate surface area is 149 Å². The van der Waals surface area contributed by atoms with Crippen LogP contribution in [0.3, 0.4) is 0 Å². The lowest BCUT2D eigenvalue weighted by Gasteiger charge is -2.36. The largest absolute Gasteiger partial charge is 0.367 e. The molecule has 3 aromatic rings. The molecule has 2 N–H and O–H groups in total. The summed E-state index contributed by atoms with van der Waals surface area (Å²) in [4.78, 5) is 19.4. The first-order valence-electron chi connectivity index (χ1n) is 8.44. The summed E-state index contributed by atoms with van der Waals surface area (Å²) in [5.41, 5.74) is 2.19. The molecule has 0 radical (unpaired) electrons. The smallest absolute Gasteiger partial charge is 0.322 e. The summed E-state index contributed by atoms with van der Waals surface area (Å²) in [6.45, 7) is 2.41. The van der Waals surface area contributed by atoms with Gasteiger partial charge >= 0.3 is 6.03 Å². The van der Waals surface area contributed by atoms with Gasteiger partial charge in [0.1, 0.15) is 11.6 Å². The van der Waals surface area contributed by atoms with Crippen LogP contribution in [0.2, 0.25) is 0 Å². The van der Waals surface area contributed by atoms with Crippen molar-refractivity contribution in [2.75, 3.05) is 36.4 Å². The Bertz CT molecular complexity index is 948. The first-order chi connectivity index (χ1) is 12.6. The van der Waals surface area contributed by atoms with Crippen LogP contribution in [0.25, 0.3) is 10.9 Å². The number of aromatic amines is 1. The van der Waals surface area contributed by atoms with Crippen molar-refractivity contribution in [1.29, 1.82) is 0 Å². The maximum Gasteiger partial charge on any atom is 0.322 e. The number of nitrogens with zero attached hydrogens (tertiary/aromatic N) is 2. The average Bonchev–Trinajstić information content (AvgIpc) is 3.13. The van der Waals surface area contributed by atoms with Gasteiger partial charge in [-0.05, 0) is 30.3 Å². The summed E-state index contributed by atoms with van der Waals surface area (Å²) in [5.74, 6) is -1.45. The zero-order chi connectivity index (χ0) is 18.1. The summed E-state index contributed by atoms with van der Waals surface area (Å²) in [7, 11) is 0. The molecule has 2 aromatic carbocycles. The minimum Gasteiger partial charge on any atom is -0.367 e. The van der Waals surface area contributed by atoms with Gasteiger partial charge in [0.05, 0.1) is 5.69 Å². The number of rotatable bonds is 2. The monoisotopic (exact) mass is 356 g/mol. The molecule has 1 aliphatic heterocycles. The van der Waals surface area contributed by atoms with E-state index in [1.165, 1.54) is 6.07 Å². The Hall–Kier alpha value is -3.09. The maximum absolute atomic E-state index is 13.7. The van der Waals surface area contributed by atoms with Crippen molar-refractivity contribution in [3.8, 4) is 0 Å². The standard InChI is InChI=1S/C19H18F2N4O/c20-13-4-5-17(15(21)12-13)23-19(26)25-10-8-24(9-11-25)18-3-1-2-16-14(18)6-7-22-16/h1-7,12,22H,8-11H2,(H,23,26). The second kappa shape index (κ2) is 6.67. The van der Waals surface area contributed by atoms with Crippen molar-refractivity contribution >= 4 is 28.3 Å². The fourth-order valence-corrected chi connectivity index (χ4v) is 3.28. The molecule has 134 valence electrons. The van der Waals surface area contributed by atoms with Crippen LogP contribution >= 0.6 is 0 Å². The van der Waals surface area contributed by atoms with E-state index >= 15 is 0 Å². The zero-order valence-electron chi connectivity index (χ0n) is 14.0. The molecule has 1 saturated heterocycles. The number of aromatic nitrogens is 1. The fourth-order valence-electron chi connectivity index (χ4n) is 3.28. The predicted octanol–water partition coefficient (Wildman–Crippen LogP) is 3.80. The van der Waals surface area contributed by atoms with Crippen molar-refractivity contribution in [3.05, 3.63) is 60.3 Å². The van der Waals surface area contributed by atoms with Crippen LogP contribution in [0.15, 0.2) is 48.7 Å². The highest BCUT2D eigenvalue weighted by molar-refractivity contribution is 5.93. The van der Waals surface area contributed by atoms with Gasteiger partial charge in [0.2, 0.25) is 0 Å². The molecule has 4 rings (SSSR count). The Morgan fingerprint density at radius 1 is 1.04 bits per heavy atom. The Morgan fingerprint density at radius 2 is 1.85 bits per heavy atom. The second-order valence-corrected chi connectivity index (χ2v) is 6.24. The van der Waals surface area contributed by atoms with Crippen molar-refractivity contribution in [2.24, 2.45) is 0 Å². The lowest BCUT2D eigenvalue weighted by Crippen LogP contribution is -2.50. The van der Waals surface area contributed by atoms with Crippen LogP contribution in [-0.4, -0.2) is 42.1 Å². The number of hydrogen-bond donors (Lipinski definition) is 2. The topological polar surface area (TPSA) is 51.4 Å². The number of amides is 2. The fraction of sp³-hybridized carbons (Fsp3) is 0.211. The summed E-state index contributed by atoms with van der Waals surface area (Å²) < 4.78 is 26.7. The summed E-state index contributed by atoms with van der Waals surface area (Å²) in [5, 5.41) is 3.66. The molecule has 0 bridgehead atoms. The molecule has 5 nitrogen and oxygen atoms in total. The highest BCUT2D eigenvalue weighted by Crippen LogP contribution is 2.27. The van der Waals surface area contributed by atoms with Gasteiger partial charge in [-0.1, -0.05) is 6.07 Å². The van der Waals surface area contributed by atoms with E-state index < -0.39 is 11.6 Å². The lowest BCUT2D eigenvalue weighted by atomic mass is 10.2. The first-order valence-corrected chi connectivity index (χ1v) is 8.44. The lowest BCUT2D eigenvalue weighted by molar-refractivity contribution is 0.208. The van der Waals surface area contributed by atoms with Gasteiger partial charge in [0.25, 0.3) is 0 Å². The number of carbonyl (C=O) groups is 1. The molecule has 2 heterocycles. The van der Waals surface area contributed by atoms with Gasteiger partial charge in [-0.3, -0.25) is 0 Å². The Kier molecular flexibility index (Phi) is 4.20. The number of urea groups is 1.